The second-order valence-electron chi connectivity index (χ2n) is 17.5. The Morgan fingerprint density at radius 1 is 0.966 bits per heavy atom. The third-order valence-electron chi connectivity index (χ3n) is 13.6. The normalized spacial score (nSPS) is 24.9. The predicted molar refractivity (Wildman–Crippen MR) is 233 cm³/mol. The van der Waals surface area contributed by atoms with Gasteiger partial charge in [-0.25, -0.2) is 0 Å². The van der Waals surface area contributed by atoms with Gasteiger partial charge < -0.3 is 36.4 Å². The molecule has 9 nitrogen and oxygen atoms in total. The second kappa shape index (κ2) is 19.6. The number of hydrogen-bond donors (Lipinski definition) is 6. The van der Waals surface area contributed by atoms with Crippen LogP contribution >= 0.6 is 0 Å². The van der Waals surface area contributed by atoms with Crippen molar-refractivity contribution < 1.29 is 29.6 Å². The van der Waals surface area contributed by atoms with Crippen LogP contribution in [0.1, 0.15) is 119 Å². The highest BCUT2D eigenvalue weighted by Crippen LogP contribution is 2.40. The lowest BCUT2D eigenvalue weighted by Gasteiger charge is -2.39. The number of allylic oxidation sites excluding steroid dienone is 2. The van der Waals surface area contributed by atoms with Crippen molar-refractivity contribution in [3.63, 3.8) is 0 Å². The van der Waals surface area contributed by atoms with Crippen molar-refractivity contribution in [2.75, 3.05) is 20.2 Å². The molecule has 7 N–H and O–H groups in total. The molecule has 2 aliphatic heterocycles. The van der Waals surface area contributed by atoms with E-state index in [1.165, 1.54) is 12.7 Å². The largest absolute Gasteiger partial charge is 0.504 e. The third-order valence-corrected chi connectivity index (χ3v) is 13.6. The van der Waals surface area contributed by atoms with Crippen molar-refractivity contribution in [1.82, 2.24) is 10.6 Å². The summed E-state index contributed by atoms with van der Waals surface area (Å²) in [5, 5.41) is 43.5. The van der Waals surface area contributed by atoms with Crippen molar-refractivity contribution in [2.45, 2.75) is 127 Å². The van der Waals surface area contributed by atoms with E-state index in [1.807, 2.05) is 18.2 Å². The van der Waals surface area contributed by atoms with Gasteiger partial charge in [0.1, 0.15) is 11.7 Å². The Morgan fingerprint density at radius 3 is 2.61 bits per heavy atom. The summed E-state index contributed by atoms with van der Waals surface area (Å²) in [7, 11) is 1.51. The van der Waals surface area contributed by atoms with E-state index < -0.39 is 18.1 Å². The summed E-state index contributed by atoms with van der Waals surface area (Å²) >= 11 is 0. The molecule has 0 aromatic heterocycles. The maximum absolute atomic E-state index is 13.7. The lowest BCUT2D eigenvalue weighted by atomic mass is 9.74. The number of hydrogen-bond acceptors (Lipinski definition) is 9. The average Bonchev–Trinajstić information content (AvgIpc) is 3.30. The number of benzene rings is 3. The van der Waals surface area contributed by atoms with E-state index in [0.29, 0.717) is 86.7 Å². The Kier molecular flexibility index (Phi) is 14.1. The lowest BCUT2D eigenvalue weighted by molar-refractivity contribution is -0.124. The zero-order chi connectivity index (χ0) is 41.5. The molecular formula is C50H63N3O6. The van der Waals surface area contributed by atoms with Crippen molar-refractivity contribution in [3.05, 3.63) is 94.3 Å². The van der Waals surface area contributed by atoms with Crippen LogP contribution in [0, 0.1) is 29.6 Å². The van der Waals surface area contributed by atoms with Gasteiger partial charge in [0.05, 0.1) is 25.1 Å². The number of piperidine rings is 1. The lowest BCUT2D eigenvalue weighted by Crippen LogP contribution is -2.48. The van der Waals surface area contributed by atoms with Gasteiger partial charge in [0.15, 0.2) is 17.3 Å². The van der Waals surface area contributed by atoms with E-state index in [2.05, 4.69) is 59.7 Å². The Morgan fingerprint density at radius 2 is 1.80 bits per heavy atom. The number of unbranched alkanes of at least 4 members (excludes halogenated alkanes) is 1. The molecule has 3 aromatic carbocycles. The third kappa shape index (κ3) is 10.4. The van der Waals surface area contributed by atoms with E-state index in [0.717, 1.165) is 78.1 Å². The monoisotopic (exact) mass is 801 g/mol. The molecule has 3 aromatic rings. The molecule has 4 aliphatic rings. The number of ether oxygens (including phenoxy) is 1. The number of nitrogens with one attached hydrogen (secondary N) is 2. The fourth-order valence-electron chi connectivity index (χ4n) is 10.1. The number of aliphatic hydroxyl groups excluding tert-OH is 2. The van der Waals surface area contributed by atoms with Gasteiger partial charge in [-0.3, -0.25) is 9.59 Å². The van der Waals surface area contributed by atoms with Crippen molar-refractivity contribution in [1.29, 1.82) is 0 Å². The van der Waals surface area contributed by atoms with Gasteiger partial charge in [-0.15, -0.1) is 0 Å². The highest BCUT2D eigenvalue weighted by molar-refractivity contribution is 5.85. The average molecular weight is 802 g/mol. The number of carbonyl (C=O) groups excluding carboxylic acids is 2. The first-order chi connectivity index (χ1) is 28.6. The molecule has 0 radical (unpaired) electrons. The highest BCUT2D eigenvalue weighted by atomic mass is 16.5. The molecule has 1 saturated carbocycles. The summed E-state index contributed by atoms with van der Waals surface area (Å²) in [5.41, 5.74) is 11.6. The molecule has 7 rings (SSSR count). The first-order valence-electron chi connectivity index (χ1n) is 22.1. The number of Topliss-reactive ketones (excluding diaryl/α,β-unsaturated/α-hetero) is 2. The minimum absolute atomic E-state index is 0.00658. The number of phenols is 1. The van der Waals surface area contributed by atoms with E-state index in [9.17, 15) is 24.9 Å². The molecule has 1 saturated heterocycles. The van der Waals surface area contributed by atoms with Crippen LogP contribution in [-0.4, -0.2) is 65.3 Å². The number of dihydropyridines is 1. The number of aliphatic hydroxyl groups is 2. The summed E-state index contributed by atoms with van der Waals surface area (Å²) < 4.78 is 5.47. The quantitative estimate of drug-likeness (QED) is 0.0679. The van der Waals surface area contributed by atoms with Crippen LogP contribution in [0.3, 0.4) is 0 Å². The van der Waals surface area contributed by atoms with Crippen LogP contribution < -0.4 is 21.1 Å². The van der Waals surface area contributed by atoms with Crippen molar-refractivity contribution in [3.8, 4) is 23.3 Å². The van der Waals surface area contributed by atoms with E-state index in [4.69, 9.17) is 10.5 Å². The molecule has 59 heavy (non-hydrogen) atoms. The van der Waals surface area contributed by atoms with Gasteiger partial charge in [-0.2, -0.15) is 0 Å². The Balaban J connectivity index is 1.06. The van der Waals surface area contributed by atoms with Gasteiger partial charge in [-0.1, -0.05) is 74.1 Å². The summed E-state index contributed by atoms with van der Waals surface area (Å²) in [4.78, 5) is 25.6. The number of aromatic hydroxyl groups is 1. The summed E-state index contributed by atoms with van der Waals surface area (Å²) in [6.45, 7) is 3.76. The Labute approximate surface area is 349 Å². The number of nitrogens with two attached hydrogens (primary N) is 1. The van der Waals surface area contributed by atoms with Gasteiger partial charge in [0, 0.05) is 43.7 Å². The first-order valence-corrected chi connectivity index (χ1v) is 22.1. The molecule has 2 fully saturated rings. The minimum atomic E-state index is -0.877. The predicted octanol–water partition coefficient (Wildman–Crippen LogP) is 7.47. The topological polar surface area (TPSA) is 154 Å². The standard InChI is InChI=1S/C50H63N3O6/c1-3-32-30-53-50(51)28-44(32)43(36-13-12-33-9-5-6-10-35(33)23-36)25-39(54)18-14-34-16-20-41(47(57)21-17-37-24-49(59-2)48(58)27-42(34)37)46(56)11-7-4-8-31-22-38-15-19-40(55)26-45(38)52-29-31/h5-6,9-10,12-13,23-24,27-28,31,34,38-39,41,43,45-46,52-54,56,58H,3-4,7-8,11,14-15,17-19,21-22,25-26,29-30,51H2,1-2H3/t31-,34+,38+,39+,41+,43+,45+,46+/m0/s1. The molecule has 0 amide bonds. The van der Waals surface area contributed by atoms with Crippen LogP contribution in [0.2, 0.25) is 0 Å². The summed E-state index contributed by atoms with van der Waals surface area (Å²) in [6, 6.07) is 18.7. The zero-order valence-corrected chi connectivity index (χ0v) is 34.8. The number of fused-ring (bicyclic) bond motifs is 3. The van der Waals surface area contributed by atoms with Crippen LogP contribution in [-0.2, 0) is 16.0 Å². The highest BCUT2D eigenvalue weighted by Gasteiger charge is 2.35. The van der Waals surface area contributed by atoms with Crippen LogP contribution in [0.4, 0.5) is 0 Å². The molecule has 0 unspecified atom stereocenters. The maximum Gasteiger partial charge on any atom is 0.160 e. The molecule has 0 bridgehead atoms. The number of aryl methyl sites for hydroxylation is 1. The molecule has 2 aliphatic carbocycles. The fourth-order valence-corrected chi connectivity index (χ4v) is 10.1. The van der Waals surface area contributed by atoms with Crippen LogP contribution in [0.5, 0.6) is 11.5 Å². The molecule has 2 heterocycles. The zero-order valence-electron chi connectivity index (χ0n) is 34.8. The maximum atomic E-state index is 13.7. The molecule has 9 heteroatoms. The first kappa shape index (κ1) is 42.5. The molecule has 0 spiro atoms. The van der Waals surface area contributed by atoms with Crippen molar-refractivity contribution in [2.24, 2.45) is 23.5 Å². The smallest absolute Gasteiger partial charge is 0.160 e. The SMILES string of the molecule is CCC1=C([C@H](C[C@H](O)CC[C@@H]2C#C[C@H]([C@H](O)CCCC[C@@H]3CN[C@@H]4CC(=O)CC[C@@H]4C3)C(=O)CCc3cc(OC)c(O)cc32)c2ccc3ccccc3c2)C=C(N)NC1. The number of ketones is 2. The number of rotatable bonds is 15. The summed E-state index contributed by atoms with van der Waals surface area (Å²) in [6.07, 6.45) is 10.2. The Hall–Kier alpha value is -4.62. The molecular weight excluding hydrogens is 739 g/mol. The Bertz CT molecular complexity index is 2110. The van der Waals surface area contributed by atoms with Crippen LogP contribution in [0.15, 0.2) is 77.6 Å². The van der Waals surface area contributed by atoms with E-state index >= 15 is 0 Å². The van der Waals surface area contributed by atoms with E-state index in [-0.39, 0.29) is 29.8 Å². The van der Waals surface area contributed by atoms with Gasteiger partial charge >= 0.3 is 0 Å². The summed E-state index contributed by atoms with van der Waals surface area (Å²) in [5.74, 6) is 7.76. The van der Waals surface area contributed by atoms with E-state index in [1.54, 1.807) is 12.1 Å². The van der Waals surface area contributed by atoms with Gasteiger partial charge in [0.25, 0.3) is 0 Å². The number of phenolic OH excluding ortho intramolecular Hbond substituents is 1. The molecule has 8 atom stereocenters. The second-order valence-corrected chi connectivity index (χ2v) is 17.5. The van der Waals surface area contributed by atoms with Crippen LogP contribution in [0.25, 0.3) is 10.8 Å². The number of carbonyl (C=O) groups is 2. The molecule has 314 valence electrons. The number of methoxy groups -OCH3 is 1. The van der Waals surface area contributed by atoms with Crippen molar-refractivity contribution >= 4 is 22.3 Å². The van der Waals surface area contributed by atoms with Gasteiger partial charge in [-0.05, 0) is 133 Å². The minimum Gasteiger partial charge on any atom is -0.504 e. The van der Waals surface area contributed by atoms with Gasteiger partial charge in [0.2, 0.25) is 0 Å². The fraction of sp³-hybridized carbons (Fsp3) is 0.520.